The van der Waals surface area contributed by atoms with E-state index in [-0.39, 0.29) is 0 Å². The number of piperazine rings is 1. The minimum atomic E-state index is -1.82. The van der Waals surface area contributed by atoms with Crippen LogP contribution in [0.5, 0.6) is 11.5 Å². The van der Waals surface area contributed by atoms with Crippen molar-refractivity contribution in [3.8, 4) is 11.5 Å². The third-order valence-electron chi connectivity index (χ3n) is 5.14. The molecule has 3 rings (SSSR count). The molecule has 1 atom stereocenters. The Bertz CT molecular complexity index is 856. The van der Waals surface area contributed by atoms with Crippen molar-refractivity contribution in [3.05, 3.63) is 59.7 Å². The highest BCUT2D eigenvalue weighted by Crippen LogP contribution is 2.26. The van der Waals surface area contributed by atoms with Gasteiger partial charge in [-0.1, -0.05) is 30.3 Å². The van der Waals surface area contributed by atoms with Gasteiger partial charge in [0.15, 0.2) is 0 Å². The van der Waals surface area contributed by atoms with E-state index in [1.165, 1.54) is 0 Å². The van der Waals surface area contributed by atoms with Gasteiger partial charge in [-0.2, -0.15) is 0 Å². The number of nitrogens with zero attached hydrogens (tertiary/aromatic N) is 2. The highest BCUT2D eigenvalue weighted by Gasteiger charge is 2.21. The van der Waals surface area contributed by atoms with Crippen molar-refractivity contribution in [1.29, 1.82) is 0 Å². The van der Waals surface area contributed by atoms with E-state index in [1.54, 1.807) is 14.2 Å². The summed E-state index contributed by atoms with van der Waals surface area (Å²) in [6.07, 6.45) is -0.429. The van der Waals surface area contributed by atoms with Crippen LogP contribution in [-0.2, 0) is 16.1 Å². The standard InChI is InChI=1S/C21H28N2O3.C2H2O4/c1-25-19-8-9-21(26-2)18(14-19)15-22-10-12-23(13-11-22)16-20(24)17-6-4-3-5-7-17;3-1(4)2(5)6/h3-9,14,20,24H,10-13,15-16H2,1-2H3;(H,3,4)(H,5,6). The van der Waals surface area contributed by atoms with Gasteiger partial charge in [-0.3, -0.25) is 9.80 Å². The fourth-order valence-corrected chi connectivity index (χ4v) is 3.40. The predicted octanol–water partition coefficient (Wildman–Crippen LogP) is 1.71. The van der Waals surface area contributed by atoms with E-state index in [0.29, 0.717) is 6.54 Å². The molecule has 32 heavy (non-hydrogen) atoms. The Labute approximate surface area is 187 Å². The molecule has 0 spiro atoms. The first-order valence-electron chi connectivity index (χ1n) is 10.2. The predicted molar refractivity (Wildman–Crippen MR) is 118 cm³/mol. The van der Waals surface area contributed by atoms with E-state index in [9.17, 15) is 5.11 Å². The molecule has 9 nitrogen and oxygen atoms in total. The topological polar surface area (TPSA) is 120 Å². The van der Waals surface area contributed by atoms with Crippen LogP contribution in [0.2, 0.25) is 0 Å². The number of rotatable bonds is 7. The largest absolute Gasteiger partial charge is 0.497 e. The number of aliphatic hydroxyl groups is 1. The highest BCUT2D eigenvalue weighted by molar-refractivity contribution is 6.27. The number of carboxylic acids is 2. The van der Waals surface area contributed by atoms with E-state index in [1.807, 2.05) is 48.5 Å². The Morgan fingerprint density at radius 1 is 0.906 bits per heavy atom. The summed E-state index contributed by atoms with van der Waals surface area (Å²) in [6, 6.07) is 15.8. The van der Waals surface area contributed by atoms with E-state index < -0.39 is 18.0 Å². The number of hydrogen-bond acceptors (Lipinski definition) is 7. The van der Waals surface area contributed by atoms with Crippen LogP contribution in [0.4, 0.5) is 0 Å². The third kappa shape index (κ3) is 7.84. The first-order valence-corrected chi connectivity index (χ1v) is 10.2. The molecular formula is C23H30N2O7. The lowest BCUT2D eigenvalue weighted by Crippen LogP contribution is -2.47. The van der Waals surface area contributed by atoms with Crippen LogP contribution in [0.25, 0.3) is 0 Å². The maximum atomic E-state index is 10.4. The Hall–Kier alpha value is -3.14. The molecule has 0 amide bonds. The molecule has 1 fully saturated rings. The van der Waals surface area contributed by atoms with Crippen molar-refractivity contribution in [3.63, 3.8) is 0 Å². The summed E-state index contributed by atoms with van der Waals surface area (Å²) in [7, 11) is 3.39. The Morgan fingerprint density at radius 3 is 2.03 bits per heavy atom. The minimum absolute atomic E-state index is 0.429. The van der Waals surface area contributed by atoms with Gasteiger partial charge in [0, 0.05) is 44.8 Å². The number of aliphatic carboxylic acids is 2. The smallest absolute Gasteiger partial charge is 0.414 e. The zero-order chi connectivity index (χ0) is 23.5. The van der Waals surface area contributed by atoms with Crippen LogP contribution < -0.4 is 9.47 Å². The molecule has 1 unspecified atom stereocenters. The summed E-state index contributed by atoms with van der Waals surface area (Å²) in [6.45, 7) is 5.38. The lowest BCUT2D eigenvalue weighted by atomic mass is 10.1. The van der Waals surface area contributed by atoms with Crippen LogP contribution in [0.15, 0.2) is 48.5 Å². The summed E-state index contributed by atoms with van der Waals surface area (Å²) in [4.78, 5) is 22.9. The fourth-order valence-electron chi connectivity index (χ4n) is 3.40. The molecule has 2 aromatic carbocycles. The van der Waals surface area contributed by atoms with Gasteiger partial charge in [-0.15, -0.1) is 0 Å². The number of benzene rings is 2. The van der Waals surface area contributed by atoms with Gasteiger partial charge >= 0.3 is 11.9 Å². The van der Waals surface area contributed by atoms with Crippen molar-refractivity contribution in [2.24, 2.45) is 0 Å². The molecule has 2 aromatic rings. The second-order valence-corrected chi connectivity index (χ2v) is 7.29. The first kappa shape index (κ1) is 25.1. The quantitative estimate of drug-likeness (QED) is 0.546. The summed E-state index contributed by atoms with van der Waals surface area (Å²) in [5, 5.41) is 25.2. The molecule has 1 aliphatic heterocycles. The van der Waals surface area contributed by atoms with Gasteiger partial charge in [0.05, 0.1) is 20.3 Å². The first-order chi connectivity index (χ1) is 15.3. The number of ether oxygens (including phenoxy) is 2. The zero-order valence-corrected chi connectivity index (χ0v) is 18.3. The minimum Gasteiger partial charge on any atom is -0.497 e. The van der Waals surface area contributed by atoms with Crippen molar-refractivity contribution < 1.29 is 34.4 Å². The van der Waals surface area contributed by atoms with Crippen molar-refractivity contribution in [1.82, 2.24) is 9.80 Å². The molecule has 0 aromatic heterocycles. The molecule has 3 N–H and O–H groups in total. The van der Waals surface area contributed by atoms with E-state index in [2.05, 4.69) is 9.80 Å². The lowest BCUT2D eigenvalue weighted by Gasteiger charge is -2.35. The van der Waals surface area contributed by atoms with Crippen LogP contribution in [-0.4, -0.2) is 84.0 Å². The molecule has 1 heterocycles. The average molecular weight is 447 g/mol. The molecule has 0 bridgehead atoms. The van der Waals surface area contributed by atoms with Gasteiger partial charge in [-0.05, 0) is 23.8 Å². The molecule has 0 saturated carbocycles. The van der Waals surface area contributed by atoms with Gasteiger partial charge < -0.3 is 24.8 Å². The van der Waals surface area contributed by atoms with Crippen molar-refractivity contribution >= 4 is 11.9 Å². The normalized spacial score (nSPS) is 15.2. The highest BCUT2D eigenvalue weighted by atomic mass is 16.5. The monoisotopic (exact) mass is 446 g/mol. The molecule has 1 saturated heterocycles. The van der Waals surface area contributed by atoms with E-state index >= 15 is 0 Å². The maximum absolute atomic E-state index is 10.4. The Balaban J connectivity index is 0.000000534. The van der Waals surface area contributed by atoms with E-state index in [4.69, 9.17) is 29.3 Å². The van der Waals surface area contributed by atoms with Crippen LogP contribution in [0, 0.1) is 0 Å². The summed E-state index contributed by atoms with van der Waals surface area (Å²) in [5.41, 5.74) is 2.13. The van der Waals surface area contributed by atoms with E-state index in [0.717, 1.165) is 55.3 Å². The maximum Gasteiger partial charge on any atom is 0.414 e. The molecular weight excluding hydrogens is 416 g/mol. The number of methoxy groups -OCH3 is 2. The number of hydrogen-bond donors (Lipinski definition) is 3. The van der Waals surface area contributed by atoms with Gasteiger partial charge in [0.25, 0.3) is 0 Å². The Kier molecular flexibility index (Phi) is 9.93. The lowest BCUT2D eigenvalue weighted by molar-refractivity contribution is -0.159. The number of carbonyl (C=O) groups is 2. The van der Waals surface area contributed by atoms with Gasteiger partial charge in [-0.25, -0.2) is 9.59 Å². The van der Waals surface area contributed by atoms with Crippen LogP contribution in [0.3, 0.4) is 0 Å². The number of aliphatic hydroxyl groups excluding tert-OH is 1. The number of β-amino-alcohol motifs (C(OH)–C–C–N with tert-alkyl or cyclic N) is 1. The summed E-state index contributed by atoms with van der Waals surface area (Å²) < 4.78 is 10.8. The molecule has 9 heteroatoms. The van der Waals surface area contributed by atoms with Crippen molar-refractivity contribution in [2.45, 2.75) is 12.6 Å². The molecule has 0 radical (unpaired) electrons. The third-order valence-corrected chi connectivity index (χ3v) is 5.14. The second kappa shape index (κ2) is 12.7. The zero-order valence-electron chi connectivity index (χ0n) is 18.3. The fraction of sp³-hybridized carbons (Fsp3) is 0.391. The summed E-state index contributed by atoms with van der Waals surface area (Å²) >= 11 is 0. The van der Waals surface area contributed by atoms with Gasteiger partial charge in [0.1, 0.15) is 11.5 Å². The summed E-state index contributed by atoms with van der Waals surface area (Å²) in [5.74, 6) is -1.90. The van der Waals surface area contributed by atoms with Gasteiger partial charge in [0.2, 0.25) is 0 Å². The van der Waals surface area contributed by atoms with Crippen molar-refractivity contribution in [2.75, 3.05) is 46.9 Å². The SMILES string of the molecule is COc1ccc(OC)c(CN2CCN(CC(O)c3ccccc3)CC2)c1.O=C(O)C(=O)O. The van der Waals surface area contributed by atoms with Crippen LogP contribution >= 0.6 is 0 Å². The average Bonchev–Trinajstić information content (AvgIpc) is 2.81. The molecule has 0 aliphatic carbocycles. The molecule has 1 aliphatic rings. The second-order valence-electron chi connectivity index (χ2n) is 7.29. The molecule has 174 valence electrons. The van der Waals surface area contributed by atoms with Crippen LogP contribution in [0.1, 0.15) is 17.2 Å². The Morgan fingerprint density at radius 2 is 1.50 bits per heavy atom. The number of carboxylic acid groups (broad SMARTS) is 2.